The molecule has 0 aliphatic heterocycles. The molecule has 0 fully saturated rings. The fraction of sp³-hybridized carbons (Fsp3) is 0.333. The van der Waals surface area contributed by atoms with Gasteiger partial charge >= 0.3 is 6.03 Å². The molecule has 0 bridgehead atoms. The Kier molecular flexibility index (Phi) is 5.18. The summed E-state index contributed by atoms with van der Waals surface area (Å²) in [6, 6.07) is 6.99. The number of urea groups is 1. The molecule has 0 spiro atoms. The summed E-state index contributed by atoms with van der Waals surface area (Å²) in [4.78, 5) is 15.8. The van der Waals surface area contributed by atoms with Crippen molar-refractivity contribution >= 4 is 37.4 Å². The molecule has 9 nitrogen and oxygen atoms in total. The van der Waals surface area contributed by atoms with Gasteiger partial charge in [-0.3, -0.25) is 0 Å². The second kappa shape index (κ2) is 7.38. The van der Waals surface area contributed by atoms with E-state index in [9.17, 15) is 13.2 Å². The number of hydrogen-bond donors (Lipinski definition) is 2. The Balaban J connectivity index is 1.88. The molecule has 11 heteroatoms. The van der Waals surface area contributed by atoms with E-state index >= 15 is 0 Å². The van der Waals surface area contributed by atoms with Gasteiger partial charge in [0.25, 0.3) is 0 Å². The molecule has 2 aromatic heterocycles. The number of fused-ring (bicyclic) bond motifs is 1. The number of nitrogens with one attached hydrogen (secondary N) is 2. The van der Waals surface area contributed by atoms with Gasteiger partial charge in [-0.2, -0.15) is 0 Å². The van der Waals surface area contributed by atoms with E-state index in [1.807, 2.05) is 24.3 Å². The van der Waals surface area contributed by atoms with Crippen molar-refractivity contribution < 1.29 is 17.6 Å². The molecule has 0 radical (unpaired) electrons. The van der Waals surface area contributed by atoms with Crippen LogP contribution in [0.25, 0.3) is 10.2 Å². The number of aromatic nitrogens is 3. The van der Waals surface area contributed by atoms with Crippen molar-refractivity contribution in [1.82, 2.24) is 25.8 Å². The SMILES string of the molecule is CCNC(=O)NCc1nnc(C(c2nc3ccccc3s2)S(C)(=O)=O)o1. The number of rotatable bonds is 6. The van der Waals surface area contributed by atoms with Crippen molar-refractivity contribution in [2.75, 3.05) is 12.8 Å². The number of benzene rings is 1. The zero-order chi connectivity index (χ0) is 18.7. The molecule has 3 aromatic rings. The largest absolute Gasteiger partial charge is 0.421 e. The highest BCUT2D eigenvalue weighted by atomic mass is 32.2. The number of carbonyl (C=O) groups is 1. The van der Waals surface area contributed by atoms with E-state index < -0.39 is 15.1 Å². The summed E-state index contributed by atoms with van der Waals surface area (Å²) in [5.41, 5.74) is 0.707. The van der Waals surface area contributed by atoms with Gasteiger partial charge in [0.2, 0.25) is 11.8 Å². The lowest BCUT2D eigenvalue weighted by molar-refractivity contribution is 0.239. The molecular weight excluding hydrogens is 378 g/mol. The quantitative estimate of drug-likeness (QED) is 0.649. The standard InChI is InChI=1S/C15H17N5O4S2/c1-3-16-15(21)17-8-11-19-20-13(24-11)12(26(2,22)23)14-18-9-6-4-5-7-10(9)25-14/h4-7,12H,3,8H2,1-2H3,(H2,16,17,21). The molecule has 2 heterocycles. The van der Waals surface area contributed by atoms with Gasteiger partial charge in [-0.25, -0.2) is 18.2 Å². The highest BCUT2D eigenvalue weighted by Crippen LogP contribution is 2.34. The lowest BCUT2D eigenvalue weighted by Gasteiger charge is -2.07. The van der Waals surface area contributed by atoms with Crippen LogP contribution in [0.1, 0.15) is 29.0 Å². The minimum absolute atomic E-state index is 0.00480. The van der Waals surface area contributed by atoms with Gasteiger partial charge in [0.15, 0.2) is 15.1 Å². The van der Waals surface area contributed by atoms with Gasteiger partial charge in [0, 0.05) is 12.8 Å². The molecular formula is C15H17N5O4S2. The van der Waals surface area contributed by atoms with Gasteiger partial charge in [0.1, 0.15) is 5.01 Å². The van der Waals surface area contributed by atoms with Gasteiger partial charge < -0.3 is 15.1 Å². The van der Waals surface area contributed by atoms with Crippen molar-refractivity contribution in [3.05, 3.63) is 41.1 Å². The van der Waals surface area contributed by atoms with Gasteiger partial charge in [-0.05, 0) is 19.1 Å². The van der Waals surface area contributed by atoms with Crippen LogP contribution < -0.4 is 10.6 Å². The van der Waals surface area contributed by atoms with Gasteiger partial charge in [0.05, 0.1) is 16.8 Å². The minimum Gasteiger partial charge on any atom is -0.421 e. The molecule has 0 aliphatic carbocycles. The lowest BCUT2D eigenvalue weighted by atomic mass is 10.3. The summed E-state index contributed by atoms with van der Waals surface area (Å²) in [6.45, 7) is 2.27. The van der Waals surface area contributed by atoms with Crippen LogP contribution in [0.4, 0.5) is 4.79 Å². The summed E-state index contributed by atoms with van der Waals surface area (Å²) >= 11 is 1.26. The van der Waals surface area contributed by atoms with Crippen molar-refractivity contribution in [1.29, 1.82) is 0 Å². The number of nitrogens with zero attached hydrogens (tertiary/aromatic N) is 3. The Morgan fingerprint density at radius 2 is 2.04 bits per heavy atom. The summed E-state index contributed by atoms with van der Waals surface area (Å²) in [5.74, 6) is 0.0419. The maximum atomic E-state index is 12.3. The first-order valence-corrected chi connectivity index (χ1v) is 10.5. The molecule has 3 rings (SSSR count). The number of thiazole rings is 1. The monoisotopic (exact) mass is 395 g/mol. The fourth-order valence-corrected chi connectivity index (χ4v) is 4.79. The first-order chi connectivity index (χ1) is 12.4. The Morgan fingerprint density at radius 3 is 2.73 bits per heavy atom. The maximum Gasteiger partial charge on any atom is 0.315 e. The zero-order valence-electron chi connectivity index (χ0n) is 14.1. The van der Waals surface area contributed by atoms with Crippen LogP contribution in [0.5, 0.6) is 0 Å². The molecule has 1 atom stereocenters. The first kappa shape index (κ1) is 18.3. The number of para-hydroxylation sites is 1. The van der Waals surface area contributed by atoms with Crippen LogP contribution >= 0.6 is 11.3 Å². The second-order valence-corrected chi connectivity index (χ2v) is 8.67. The average molecular weight is 395 g/mol. The van der Waals surface area contributed by atoms with Gasteiger partial charge in [-0.15, -0.1) is 21.5 Å². The number of sulfone groups is 1. The molecule has 1 unspecified atom stereocenters. The van der Waals surface area contributed by atoms with Crippen LogP contribution in [0, 0.1) is 0 Å². The van der Waals surface area contributed by atoms with E-state index in [4.69, 9.17) is 4.42 Å². The second-order valence-electron chi connectivity index (χ2n) is 5.48. The molecule has 0 saturated carbocycles. The number of hydrogen-bond acceptors (Lipinski definition) is 8. The third-order valence-electron chi connectivity index (χ3n) is 3.41. The van der Waals surface area contributed by atoms with Crippen LogP contribution in [0.2, 0.25) is 0 Å². The highest BCUT2D eigenvalue weighted by Gasteiger charge is 2.33. The summed E-state index contributed by atoms with van der Waals surface area (Å²) in [7, 11) is -3.59. The summed E-state index contributed by atoms with van der Waals surface area (Å²) < 4.78 is 31.0. The van der Waals surface area contributed by atoms with E-state index in [0.717, 1.165) is 11.0 Å². The van der Waals surface area contributed by atoms with Crippen molar-refractivity contribution in [3.8, 4) is 0 Å². The van der Waals surface area contributed by atoms with Crippen LogP contribution in [-0.4, -0.2) is 42.4 Å². The molecule has 2 amide bonds. The van der Waals surface area contributed by atoms with Crippen LogP contribution in [0.3, 0.4) is 0 Å². The Morgan fingerprint density at radius 1 is 1.27 bits per heavy atom. The predicted molar refractivity (Wildman–Crippen MR) is 96.5 cm³/mol. The third kappa shape index (κ3) is 3.99. The predicted octanol–water partition coefficient (Wildman–Crippen LogP) is 1.63. The van der Waals surface area contributed by atoms with E-state index in [1.165, 1.54) is 11.3 Å². The fourth-order valence-electron chi connectivity index (χ4n) is 2.30. The molecule has 1 aromatic carbocycles. The first-order valence-electron chi connectivity index (χ1n) is 7.76. The smallest absolute Gasteiger partial charge is 0.315 e. The Hall–Kier alpha value is -2.53. The van der Waals surface area contributed by atoms with Crippen molar-refractivity contribution in [2.24, 2.45) is 0 Å². The summed E-state index contributed by atoms with van der Waals surface area (Å²) in [6.07, 6.45) is 1.10. The van der Waals surface area contributed by atoms with E-state index in [0.29, 0.717) is 17.1 Å². The molecule has 2 N–H and O–H groups in total. The van der Waals surface area contributed by atoms with E-state index in [2.05, 4.69) is 25.8 Å². The van der Waals surface area contributed by atoms with Crippen LogP contribution in [0.15, 0.2) is 28.7 Å². The normalized spacial score (nSPS) is 12.8. The Labute approximate surface area is 153 Å². The Bertz CT molecular complexity index is 995. The van der Waals surface area contributed by atoms with E-state index in [-0.39, 0.29) is 24.4 Å². The maximum absolute atomic E-state index is 12.3. The topological polar surface area (TPSA) is 127 Å². The van der Waals surface area contributed by atoms with Gasteiger partial charge in [-0.1, -0.05) is 12.1 Å². The van der Waals surface area contributed by atoms with Crippen molar-refractivity contribution in [2.45, 2.75) is 18.7 Å². The lowest BCUT2D eigenvalue weighted by Crippen LogP contribution is -2.34. The molecule has 26 heavy (non-hydrogen) atoms. The zero-order valence-corrected chi connectivity index (χ0v) is 15.7. The molecule has 0 saturated heterocycles. The van der Waals surface area contributed by atoms with Crippen LogP contribution in [-0.2, 0) is 16.4 Å². The third-order valence-corrected chi connectivity index (χ3v) is 5.94. The number of amides is 2. The molecule has 138 valence electrons. The average Bonchev–Trinajstić information content (AvgIpc) is 3.19. The minimum atomic E-state index is -3.59. The van der Waals surface area contributed by atoms with E-state index in [1.54, 1.807) is 6.92 Å². The summed E-state index contributed by atoms with van der Waals surface area (Å²) in [5, 5.41) is 12.0. The highest BCUT2D eigenvalue weighted by molar-refractivity contribution is 7.91. The molecule has 0 aliphatic rings. The van der Waals surface area contributed by atoms with Crippen molar-refractivity contribution in [3.63, 3.8) is 0 Å². The number of carbonyl (C=O) groups excluding carboxylic acids is 1.